The molecule has 0 aliphatic carbocycles. The van der Waals surface area contributed by atoms with Gasteiger partial charge in [0.05, 0.1) is 40.7 Å². The number of fused-ring (bicyclic) bond motifs is 4. The minimum absolute atomic E-state index is 0.0599. The van der Waals surface area contributed by atoms with Crippen LogP contribution in [-0.4, -0.2) is 63.2 Å². The average Bonchev–Trinajstić information content (AvgIpc) is 3.74. The van der Waals surface area contributed by atoms with Gasteiger partial charge in [-0.05, 0) is 101 Å². The van der Waals surface area contributed by atoms with Crippen molar-refractivity contribution in [1.29, 1.82) is 0 Å². The van der Waals surface area contributed by atoms with Crippen molar-refractivity contribution < 1.29 is 24.2 Å². The lowest BCUT2D eigenvalue weighted by Gasteiger charge is -2.34. The third-order valence-corrected chi connectivity index (χ3v) is 11.3. The van der Waals surface area contributed by atoms with Crippen LogP contribution in [0.4, 0.5) is 5.69 Å². The second kappa shape index (κ2) is 14.2. The van der Waals surface area contributed by atoms with Gasteiger partial charge in [-0.1, -0.05) is 40.9 Å². The van der Waals surface area contributed by atoms with Gasteiger partial charge in [-0.2, -0.15) is 5.10 Å². The van der Waals surface area contributed by atoms with Crippen molar-refractivity contribution in [3.63, 3.8) is 0 Å². The summed E-state index contributed by atoms with van der Waals surface area (Å²) in [4.78, 5) is 30.0. The lowest BCUT2D eigenvalue weighted by atomic mass is 9.98. The molecule has 10 nitrogen and oxygen atoms in total. The van der Waals surface area contributed by atoms with Crippen molar-refractivity contribution in [1.82, 2.24) is 19.3 Å². The summed E-state index contributed by atoms with van der Waals surface area (Å²) in [5.41, 5.74) is 9.67. The molecule has 0 unspecified atom stereocenters. The number of hydrogen-bond acceptors (Lipinski definition) is 5. The van der Waals surface area contributed by atoms with E-state index in [2.05, 4.69) is 21.7 Å². The third kappa shape index (κ3) is 6.16. The predicted octanol–water partition coefficient (Wildman–Crippen LogP) is 9.41. The molecule has 7 rings (SSSR count). The Morgan fingerprint density at radius 2 is 1.74 bits per heavy atom. The Morgan fingerprint density at radius 3 is 2.40 bits per heavy atom. The quantitative estimate of drug-likeness (QED) is 0.127. The summed E-state index contributed by atoms with van der Waals surface area (Å²) in [5, 5.41) is 21.2. The number of hydrogen-bond donors (Lipinski definition) is 2. The predicted molar refractivity (Wildman–Crippen MR) is 211 cm³/mol. The molecule has 1 aliphatic heterocycles. The number of nitrogens with one attached hydrogen (secondary N) is 1. The van der Waals surface area contributed by atoms with Crippen LogP contribution in [-0.2, 0) is 17.7 Å². The summed E-state index contributed by atoms with van der Waals surface area (Å²) >= 11 is 13.5. The van der Waals surface area contributed by atoms with Gasteiger partial charge in [0.2, 0.25) is 0 Å². The van der Waals surface area contributed by atoms with E-state index >= 15 is 4.79 Å². The fourth-order valence-electron chi connectivity index (χ4n) is 8.06. The molecule has 0 spiro atoms. The van der Waals surface area contributed by atoms with Crippen LogP contribution < -0.4 is 9.64 Å². The largest absolute Gasteiger partial charge is 0.494 e. The van der Waals surface area contributed by atoms with E-state index in [1.807, 2.05) is 77.1 Å². The maximum absolute atomic E-state index is 15.2. The van der Waals surface area contributed by atoms with Gasteiger partial charge in [0, 0.05) is 58.9 Å². The minimum Gasteiger partial charge on any atom is -0.494 e. The summed E-state index contributed by atoms with van der Waals surface area (Å²) in [6.07, 6.45) is 1.15. The number of carbonyl (C=O) groups is 2. The Balaban J connectivity index is 1.41. The van der Waals surface area contributed by atoms with Crippen LogP contribution in [0.2, 0.25) is 10.0 Å². The number of rotatable bonds is 11. The number of ether oxygens (including phenoxy) is 2. The highest BCUT2D eigenvalue weighted by atomic mass is 35.5. The molecule has 0 fully saturated rings. The molecule has 1 aliphatic rings. The number of amides is 1. The molecule has 6 aromatic rings. The van der Waals surface area contributed by atoms with E-state index in [9.17, 15) is 9.90 Å². The van der Waals surface area contributed by atoms with Crippen molar-refractivity contribution in [2.24, 2.45) is 0 Å². The number of halogens is 2. The highest BCUT2D eigenvalue weighted by molar-refractivity contribution is 6.35. The summed E-state index contributed by atoms with van der Waals surface area (Å²) in [7, 11) is 1.59. The number of nitrogens with zero attached hydrogens (tertiary/aromatic N) is 4. The highest BCUT2D eigenvalue weighted by Gasteiger charge is 2.40. The number of benzene rings is 3. The van der Waals surface area contributed by atoms with Crippen molar-refractivity contribution in [2.45, 2.75) is 67.0 Å². The monoisotopic (exact) mass is 755 g/mol. The molecule has 276 valence electrons. The maximum Gasteiger partial charge on any atom is 0.354 e. The van der Waals surface area contributed by atoms with E-state index in [-0.39, 0.29) is 24.2 Å². The van der Waals surface area contributed by atoms with Crippen LogP contribution in [0.25, 0.3) is 32.9 Å². The Bertz CT molecular complexity index is 2400. The molecule has 12 heteroatoms. The van der Waals surface area contributed by atoms with Crippen LogP contribution in [0.1, 0.15) is 74.0 Å². The second-order valence-corrected chi connectivity index (χ2v) is 14.9. The van der Waals surface area contributed by atoms with Crippen molar-refractivity contribution >= 4 is 62.6 Å². The van der Waals surface area contributed by atoms with Crippen molar-refractivity contribution in [2.75, 3.05) is 31.8 Å². The van der Waals surface area contributed by atoms with Crippen molar-refractivity contribution in [3.8, 4) is 16.9 Å². The number of H-pyrrole nitrogens is 1. The zero-order valence-electron chi connectivity index (χ0n) is 31.0. The van der Waals surface area contributed by atoms with Gasteiger partial charge >= 0.3 is 5.97 Å². The van der Waals surface area contributed by atoms with E-state index in [4.69, 9.17) is 32.7 Å². The molecule has 1 amide bonds. The number of carbonyl (C=O) groups excluding carboxylic acids is 1. The Kier molecular flexibility index (Phi) is 9.82. The molecule has 1 atom stereocenters. The molecule has 0 radical (unpaired) electrons. The first-order chi connectivity index (χ1) is 25.3. The average molecular weight is 757 g/mol. The number of carboxylic acids is 1. The number of aromatic nitrogens is 4. The van der Waals surface area contributed by atoms with Crippen LogP contribution in [0.3, 0.4) is 0 Å². The lowest BCUT2D eigenvalue weighted by Crippen LogP contribution is -2.43. The molecule has 0 bridgehead atoms. The molecule has 3 aromatic heterocycles. The first kappa shape index (κ1) is 36.6. The zero-order valence-corrected chi connectivity index (χ0v) is 32.5. The maximum atomic E-state index is 15.2. The molecule has 53 heavy (non-hydrogen) atoms. The molecule has 3 aromatic carbocycles. The summed E-state index contributed by atoms with van der Waals surface area (Å²) in [6, 6.07) is 13.3. The van der Waals surface area contributed by atoms with Gasteiger partial charge in [-0.15, -0.1) is 0 Å². The standard InChI is InChI=1S/C41H43Cl2N5O5/c1-21-10-13-32-30(17-21)37(39(41(50)51)46(32)14-16-52-7)47-20-24(4)48-36-29(11-12-31(42)34(36)33-25(5)44-45-26(33)6)28(38(48)40(47)49)9-8-15-53-27-18-22(2)35(43)23(3)19-27/h10-13,17-19,24H,8-9,14-16,20H2,1-7H3,(H,44,45)(H,50,51)/t24-/m1/s1. The number of aromatic amines is 1. The van der Waals surface area contributed by atoms with Crippen LogP contribution in [0.5, 0.6) is 5.75 Å². The normalized spacial score (nSPS) is 14.5. The van der Waals surface area contributed by atoms with Gasteiger partial charge in [0.25, 0.3) is 5.91 Å². The van der Waals surface area contributed by atoms with Crippen LogP contribution in [0, 0.1) is 34.6 Å². The Hall–Kier alpha value is -4.77. The number of carboxylic acid groups (broad SMARTS) is 1. The summed E-state index contributed by atoms with van der Waals surface area (Å²) < 4.78 is 15.4. The molecular weight excluding hydrogens is 713 g/mol. The van der Waals surface area contributed by atoms with Gasteiger partial charge in [0.15, 0.2) is 5.69 Å². The van der Waals surface area contributed by atoms with E-state index in [0.29, 0.717) is 54.4 Å². The number of anilines is 1. The van der Waals surface area contributed by atoms with Crippen molar-refractivity contribution in [3.05, 3.63) is 97.5 Å². The smallest absolute Gasteiger partial charge is 0.354 e. The summed E-state index contributed by atoms with van der Waals surface area (Å²) in [5.74, 6) is -0.636. The molecule has 0 saturated carbocycles. The van der Waals surface area contributed by atoms with Crippen LogP contribution in [0.15, 0.2) is 42.5 Å². The van der Waals surface area contributed by atoms with E-state index < -0.39 is 5.97 Å². The molecule has 0 saturated heterocycles. The van der Waals surface area contributed by atoms with Gasteiger partial charge in [0.1, 0.15) is 11.4 Å². The third-order valence-electron chi connectivity index (χ3n) is 10.4. The number of aromatic carboxylic acids is 1. The van der Waals surface area contributed by atoms with Gasteiger partial charge < -0.3 is 28.6 Å². The molecule has 4 heterocycles. The summed E-state index contributed by atoms with van der Waals surface area (Å²) in [6.45, 7) is 13.1. The van der Waals surface area contributed by atoms with E-state index in [0.717, 1.165) is 72.0 Å². The topological polar surface area (TPSA) is 115 Å². The van der Waals surface area contributed by atoms with Gasteiger partial charge in [-0.3, -0.25) is 9.89 Å². The fourth-order valence-corrected chi connectivity index (χ4v) is 8.42. The lowest BCUT2D eigenvalue weighted by molar-refractivity contribution is 0.0684. The highest BCUT2D eigenvalue weighted by Crippen LogP contribution is 2.46. The Morgan fingerprint density at radius 1 is 1.00 bits per heavy atom. The van der Waals surface area contributed by atoms with E-state index in [1.165, 1.54) is 0 Å². The number of methoxy groups -OCH3 is 1. The molecular formula is C41H43Cl2N5O5. The SMILES string of the molecule is COCCn1c(C(=O)O)c(N2C[C@@H](C)n3c(c(CCCOc4cc(C)c(Cl)c(C)c4)c4ccc(Cl)c(-c5c(C)n[nH]c5C)c43)C2=O)c2cc(C)ccc21. The first-order valence-corrected chi connectivity index (χ1v) is 18.5. The van der Waals surface area contributed by atoms with E-state index in [1.54, 1.807) is 16.6 Å². The number of aryl methyl sites for hydroxylation is 6. The zero-order chi connectivity index (χ0) is 37.9. The Labute approximate surface area is 318 Å². The van der Waals surface area contributed by atoms with Gasteiger partial charge in [-0.25, -0.2) is 4.79 Å². The van der Waals surface area contributed by atoms with Crippen LogP contribution >= 0.6 is 23.2 Å². The first-order valence-electron chi connectivity index (χ1n) is 17.8. The fraction of sp³-hybridized carbons (Fsp3) is 0.341. The minimum atomic E-state index is -1.11. The second-order valence-electron chi connectivity index (χ2n) is 14.1. The molecule has 2 N–H and O–H groups in total.